The van der Waals surface area contributed by atoms with Crippen molar-refractivity contribution in [3.05, 3.63) is 53.5 Å². The van der Waals surface area contributed by atoms with Gasteiger partial charge in [0.1, 0.15) is 24.0 Å². The van der Waals surface area contributed by atoms with E-state index in [1.807, 2.05) is 4.57 Å². The van der Waals surface area contributed by atoms with E-state index < -0.39 is 6.10 Å². The molecule has 0 saturated heterocycles. The van der Waals surface area contributed by atoms with Gasteiger partial charge in [0.15, 0.2) is 17.3 Å². The van der Waals surface area contributed by atoms with Gasteiger partial charge in [0.05, 0.1) is 12.2 Å². The highest BCUT2D eigenvalue weighted by Gasteiger charge is 2.20. The second-order valence-electron chi connectivity index (χ2n) is 6.78. The summed E-state index contributed by atoms with van der Waals surface area (Å²) in [5.41, 5.74) is 2.75. The minimum Gasteiger partial charge on any atom is -0.385 e. The summed E-state index contributed by atoms with van der Waals surface area (Å²) in [6.07, 6.45) is 8.10. The Morgan fingerprint density at radius 3 is 2.93 bits per heavy atom. The van der Waals surface area contributed by atoms with Crippen molar-refractivity contribution in [3.8, 4) is 0 Å². The molecule has 0 fully saturated rings. The molecular formula is C19H22FN7O. The Bertz CT molecular complexity index is 1060. The summed E-state index contributed by atoms with van der Waals surface area (Å²) in [5, 5.41) is 14.1. The lowest BCUT2D eigenvalue weighted by atomic mass is 10.1. The van der Waals surface area contributed by atoms with Crippen molar-refractivity contribution in [1.82, 2.24) is 29.1 Å². The van der Waals surface area contributed by atoms with E-state index in [1.54, 1.807) is 36.2 Å². The zero-order valence-electron chi connectivity index (χ0n) is 15.9. The average Bonchev–Trinajstić information content (AvgIpc) is 3.31. The fourth-order valence-corrected chi connectivity index (χ4v) is 3.31. The number of hydrogen-bond acceptors (Lipinski definition) is 6. The van der Waals surface area contributed by atoms with Crippen LogP contribution in [0.3, 0.4) is 0 Å². The molecule has 0 bridgehead atoms. The number of aliphatic hydroxyl groups is 1. The van der Waals surface area contributed by atoms with Gasteiger partial charge in [0, 0.05) is 24.5 Å². The SMILES string of the molecule is CCCc1c(Cn2ccnc2C2=NCCC=C2F)ncn2nc(C(C)O)nc12. The summed E-state index contributed by atoms with van der Waals surface area (Å²) in [6, 6.07) is 0. The van der Waals surface area contributed by atoms with E-state index in [1.165, 1.54) is 0 Å². The second-order valence-corrected chi connectivity index (χ2v) is 6.78. The normalized spacial score (nSPS) is 15.6. The molecule has 1 aliphatic rings. The van der Waals surface area contributed by atoms with Gasteiger partial charge in [-0.25, -0.2) is 23.9 Å². The number of halogens is 1. The number of fused-ring (bicyclic) bond motifs is 1. The van der Waals surface area contributed by atoms with Crippen molar-refractivity contribution in [1.29, 1.82) is 0 Å². The van der Waals surface area contributed by atoms with Crippen molar-refractivity contribution < 1.29 is 9.50 Å². The number of hydrogen-bond donors (Lipinski definition) is 1. The van der Waals surface area contributed by atoms with Crippen LogP contribution in [0.15, 0.2) is 35.6 Å². The number of rotatable bonds is 6. The van der Waals surface area contributed by atoms with E-state index in [2.05, 4.69) is 32.0 Å². The fraction of sp³-hybridized carbons (Fsp3) is 0.421. The number of aromatic nitrogens is 6. The van der Waals surface area contributed by atoms with Crippen LogP contribution in [-0.2, 0) is 13.0 Å². The van der Waals surface area contributed by atoms with Crippen molar-refractivity contribution in [2.24, 2.45) is 4.99 Å². The first-order chi connectivity index (χ1) is 13.6. The van der Waals surface area contributed by atoms with Crippen molar-refractivity contribution in [3.63, 3.8) is 0 Å². The van der Waals surface area contributed by atoms with Crippen molar-refractivity contribution in [2.75, 3.05) is 6.54 Å². The Morgan fingerprint density at radius 1 is 1.32 bits per heavy atom. The Morgan fingerprint density at radius 2 is 2.18 bits per heavy atom. The standard InChI is InChI=1S/C19H22FN7O/c1-3-5-13-15(23-11-27-18(13)24-17(25-27)12(2)28)10-26-9-8-22-19(26)16-14(20)6-4-7-21-16/h6,8-9,11-12,28H,3-5,7,10H2,1-2H3. The van der Waals surface area contributed by atoms with E-state index in [-0.39, 0.29) is 11.5 Å². The molecule has 4 heterocycles. The van der Waals surface area contributed by atoms with E-state index in [4.69, 9.17) is 0 Å². The number of aliphatic hydroxyl groups excluding tert-OH is 1. The molecule has 1 atom stereocenters. The molecule has 0 radical (unpaired) electrons. The number of aliphatic imine (C=N–C) groups is 1. The third kappa shape index (κ3) is 3.33. The molecule has 0 saturated carbocycles. The van der Waals surface area contributed by atoms with Gasteiger partial charge in [-0.1, -0.05) is 13.3 Å². The summed E-state index contributed by atoms with van der Waals surface area (Å²) in [6.45, 7) is 4.69. The third-order valence-corrected chi connectivity index (χ3v) is 4.66. The molecule has 1 unspecified atom stereocenters. The third-order valence-electron chi connectivity index (χ3n) is 4.66. The Kier molecular flexibility index (Phi) is 4.99. The lowest BCUT2D eigenvalue weighted by Crippen LogP contribution is -2.17. The molecule has 0 amide bonds. The molecule has 9 heteroatoms. The maximum Gasteiger partial charge on any atom is 0.179 e. The zero-order valence-corrected chi connectivity index (χ0v) is 15.9. The van der Waals surface area contributed by atoms with Crippen molar-refractivity contribution >= 4 is 11.4 Å². The molecule has 146 valence electrons. The predicted octanol–water partition coefficient (Wildman–Crippen LogP) is 2.42. The van der Waals surface area contributed by atoms with Crippen LogP contribution >= 0.6 is 0 Å². The molecule has 28 heavy (non-hydrogen) atoms. The summed E-state index contributed by atoms with van der Waals surface area (Å²) in [4.78, 5) is 17.7. The van der Waals surface area contributed by atoms with Gasteiger partial charge in [0.2, 0.25) is 0 Å². The largest absolute Gasteiger partial charge is 0.385 e. The highest BCUT2D eigenvalue weighted by Crippen LogP contribution is 2.20. The van der Waals surface area contributed by atoms with E-state index in [0.29, 0.717) is 36.8 Å². The van der Waals surface area contributed by atoms with Crippen LogP contribution in [0.2, 0.25) is 0 Å². The predicted molar refractivity (Wildman–Crippen MR) is 102 cm³/mol. The number of aryl methyl sites for hydroxylation is 1. The zero-order chi connectivity index (χ0) is 19.7. The van der Waals surface area contributed by atoms with E-state index in [9.17, 15) is 9.50 Å². The van der Waals surface area contributed by atoms with Crippen LogP contribution in [0.1, 0.15) is 55.7 Å². The molecular weight excluding hydrogens is 361 g/mol. The first-order valence-electron chi connectivity index (χ1n) is 9.41. The van der Waals surface area contributed by atoms with Crippen LogP contribution in [0, 0.1) is 0 Å². The lowest BCUT2D eigenvalue weighted by molar-refractivity contribution is 0.189. The lowest BCUT2D eigenvalue weighted by Gasteiger charge is -2.13. The van der Waals surface area contributed by atoms with Gasteiger partial charge < -0.3 is 9.67 Å². The molecule has 4 rings (SSSR count). The Balaban J connectivity index is 1.75. The summed E-state index contributed by atoms with van der Waals surface area (Å²) in [7, 11) is 0. The maximum absolute atomic E-state index is 14.2. The van der Waals surface area contributed by atoms with Gasteiger partial charge in [-0.3, -0.25) is 4.99 Å². The van der Waals surface area contributed by atoms with Gasteiger partial charge in [0.25, 0.3) is 0 Å². The highest BCUT2D eigenvalue weighted by molar-refractivity contribution is 6.09. The first kappa shape index (κ1) is 18.4. The summed E-state index contributed by atoms with van der Waals surface area (Å²) in [5.74, 6) is 0.516. The minimum atomic E-state index is -0.753. The Labute approximate surface area is 161 Å². The smallest absolute Gasteiger partial charge is 0.179 e. The van der Waals surface area contributed by atoms with E-state index >= 15 is 0 Å². The van der Waals surface area contributed by atoms with Crippen LogP contribution in [0.25, 0.3) is 5.65 Å². The number of imidazole rings is 1. The molecule has 1 N–H and O–H groups in total. The molecule has 3 aromatic heterocycles. The quantitative estimate of drug-likeness (QED) is 0.706. The van der Waals surface area contributed by atoms with Crippen LogP contribution < -0.4 is 0 Å². The fourth-order valence-electron chi connectivity index (χ4n) is 3.31. The summed E-state index contributed by atoms with van der Waals surface area (Å²) < 4.78 is 17.7. The van der Waals surface area contributed by atoms with Gasteiger partial charge >= 0.3 is 0 Å². The molecule has 1 aliphatic heterocycles. The van der Waals surface area contributed by atoms with Crippen molar-refractivity contribution in [2.45, 2.75) is 45.8 Å². The van der Waals surface area contributed by atoms with Crippen LogP contribution in [0.5, 0.6) is 0 Å². The molecule has 0 aromatic carbocycles. The number of dihydropyridines is 1. The number of nitrogens with zero attached hydrogens (tertiary/aromatic N) is 7. The van der Waals surface area contributed by atoms with E-state index in [0.717, 1.165) is 24.1 Å². The van der Waals surface area contributed by atoms with Crippen LogP contribution in [0.4, 0.5) is 4.39 Å². The second kappa shape index (κ2) is 7.59. The maximum atomic E-state index is 14.2. The molecule has 0 aliphatic carbocycles. The minimum absolute atomic E-state index is 0.285. The average molecular weight is 383 g/mol. The topological polar surface area (TPSA) is 93.5 Å². The molecule has 3 aromatic rings. The monoisotopic (exact) mass is 383 g/mol. The van der Waals surface area contributed by atoms with Gasteiger partial charge in [-0.05, 0) is 25.8 Å². The summed E-state index contributed by atoms with van der Waals surface area (Å²) >= 11 is 0. The van der Waals surface area contributed by atoms with Gasteiger partial charge in [-0.2, -0.15) is 0 Å². The first-order valence-corrected chi connectivity index (χ1v) is 9.41. The highest BCUT2D eigenvalue weighted by atomic mass is 19.1. The van der Waals surface area contributed by atoms with Crippen LogP contribution in [-0.4, -0.2) is 46.5 Å². The number of allylic oxidation sites excluding steroid dienone is 1. The Hall–Kier alpha value is -2.94. The molecule has 8 nitrogen and oxygen atoms in total. The molecule has 0 spiro atoms. The van der Waals surface area contributed by atoms with Gasteiger partial charge in [-0.15, -0.1) is 5.10 Å².